The molecule has 0 aliphatic carbocycles. The second kappa shape index (κ2) is 6.63. The summed E-state index contributed by atoms with van der Waals surface area (Å²) < 4.78 is 4.74. The van der Waals surface area contributed by atoms with Crippen molar-refractivity contribution in [2.45, 2.75) is 6.10 Å². The fourth-order valence-electron chi connectivity index (χ4n) is 0.375. The molecule has 0 bridgehead atoms. The number of aldehydes is 1. The molecule has 5 nitrogen and oxygen atoms in total. The van der Waals surface area contributed by atoms with Crippen LogP contribution >= 0.6 is 0 Å². The Morgan fingerprint density at radius 3 is 2.80 bits per heavy atom. The Balaban J connectivity index is 3.17. The highest BCUT2D eigenvalue weighted by Gasteiger charge is 2.04. The van der Waals surface area contributed by atoms with E-state index in [0.29, 0.717) is 6.29 Å². The molecule has 0 aromatic carbocycles. The van der Waals surface area contributed by atoms with Gasteiger partial charge in [-0.1, -0.05) is 0 Å². The molecule has 60 valence electrons. The van der Waals surface area contributed by atoms with Gasteiger partial charge in [0, 0.05) is 0 Å². The van der Waals surface area contributed by atoms with Gasteiger partial charge in [-0.05, 0) is 0 Å². The maximum atomic E-state index is 9.98. The highest BCUT2D eigenvalue weighted by atomic mass is 16.6. The molecule has 1 unspecified atom stereocenters. The molecule has 0 fully saturated rings. The van der Waals surface area contributed by atoms with Crippen molar-refractivity contribution in [1.29, 1.82) is 0 Å². The second-order valence-electron chi connectivity index (χ2n) is 1.61. The summed E-state index contributed by atoms with van der Waals surface area (Å²) in [4.78, 5) is 14.2. The maximum Gasteiger partial charge on any atom is 0.157 e. The third kappa shape index (κ3) is 4.39. The first-order valence-corrected chi connectivity index (χ1v) is 2.84. The summed E-state index contributed by atoms with van der Waals surface area (Å²) in [5.74, 6) is 4.69. The number of nitrogens with two attached hydrogens (primary N) is 1. The van der Waals surface area contributed by atoms with Crippen molar-refractivity contribution in [3.8, 4) is 0 Å². The van der Waals surface area contributed by atoms with Crippen LogP contribution in [0.4, 0.5) is 0 Å². The molecule has 0 aliphatic heterocycles. The molecule has 5 heteroatoms. The predicted octanol–water partition coefficient (Wildman–Crippen LogP) is -1.55. The number of carbonyl (C=O) groups excluding carboxylic acids is 1. The van der Waals surface area contributed by atoms with Crippen LogP contribution in [-0.4, -0.2) is 37.3 Å². The molecular formula is C5H11NO4. The van der Waals surface area contributed by atoms with Gasteiger partial charge < -0.3 is 14.6 Å². The smallest absolute Gasteiger partial charge is 0.157 e. The van der Waals surface area contributed by atoms with Crippen LogP contribution in [0.5, 0.6) is 0 Å². The molecule has 0 heterocycles. The summed E-state index contributed by atoms with van der Waals surface area (Å²) in [6.07, 6.45) is -0.191. The lowest BCUT2D eigenvalue weighted by Crippen LogP contribution is -2.25. The van der Waals surface area contributed by atoms with Crippen molar-refractivity contribution in [3.63, 3.8) is 0 Å². The molecule has 0 spiro atoms. The lowest BCUT2D eigenvalue weighted by Gasteiger charge is -2.06. The van der Waals surface area contributed by atoms with Gasteiger partial charge in [-0.25, -0.2) is 5.90 Å². The van der Waals surface area contributed by atoms with Crippen LogP contribution in [0.3, 0.4) is 0 Å². The fraction of sp³-hybridized carbons (Fsp3) is 0.800. The topological polar surface area (TPSA) is 81.8 Å². The van der Waals surface area contributed by atoms with E-state index in [-0.39, 0.29) is 19.8 Å². The third-order valence-corrected chi connectivity index (χ3v) is 0.844. The number of aliphatic hydroxyl groups excluding tert-OH is 1. The number of hydrogen-bond donors (Lipinski definition) is 2. The van der Waals surface area contributed by atoms with E-state index < -0.39 is 6.10 Å². The molecule has 1 atom stereocenters. The van der Waals surface area contributed by atoms with Crippen molar-refractivity contribution in [3.05, 3.63) is 0 Å². The molecule has 0 radical (unpaired) electrons. The Bertz CT molecular complexity index is 87.7. The van der Waals surface area contributed by atoms with Gasteiger partial charge in [0.25, 0.3) is 0 Å². The Labute approximate surface area is 58.7 Å². The van der Waals surface area contributed by atoms with Crippen molar-refractivity contribution in [1.82, 2.24) is 0 Å². The summed E-state index contributed by atoms with van der Waals surface area (Å²) >= 11 is 0. The van der Waals surface area contributed by atoms with E-state index in [0.717, 1.165) is 0 Å². The number of aliphatic hydroxyl groups is 1. The molecule has 0 aromatic heterocycles. The van der Waals surface area contributed by atoms with Crippen LogP contribution in [0.25, 0.3) is 0 Å². The van der Waals surface area contributed by atoms with Crippen molar-refractivity contribution in [2.24, 2.45) is 5.90 Å². The summed E-state index contributed by atoms with van der Waals surface area (Å²) in [5, 5.41) is 8.24. The van der Waals surface area contributed by atoms with Gasteiger partial charge >= 0.3 is 0 Å². The van der Waals surface area contributed by atoms with E-state index in [1.165, 1.54) is 0 Å². The van der Waals surface area contributed by atoms with Gasteiger partial charge in [-0.15, -0.1) is 0 Å². The Morgan fingerprint density at radius 2 is 2.40 bits per heavy atom. The number of rotatable bonds is 6. The second-order valence-corrected chi connectivity index (χ2v) is 1.61. The normalized spacial score (nSPS) is 13.0. The molecule has 0 saturated heterocycles. The maximum absolute atomic E-state index is 9.98. The molecule has 0 aliphatic rings. The number of hydrogen-bond acceptors (Lipinski definition) is 5. The van der Waals surface area contributed by atoms with Crippen LogP contribution in [0.2, 0.25) is 0 Å². The third-order valence-electron chi connectivity index (χ3n) is 0.844. The van der Waals surface area contributed by atoms with E-state index in [1.54, 1.807) is 0 Å². The zero-order chi connectivity index (χ0) is 7.82. The molecular weight excluding hydrogens is 138 g/mol. The van der Waals surface area contributed by atoms with E-state index in [9.17, 15) is 4.79 Å². The fourth-order valence-corrected chi connectivity index (χ4v) is 0.375. The minimum atomic E-state index is -0.730. The number of carbonyl (C=O) groups is 1. The lowest BCUT2D eigenvalue weighted by molar-refractivity contribution is -0.122. The minimum absolute atomic E-state index is 0.0733. The summed E-state index contributed by atoms with van der Waals surface area (Å²) in [6.45, 7) is 0.199. The molecule has 10 heavy (non-hydrogen) atoms. The zero-order valence-electron chi connectivity index (χ0n) is 5.53. The first-order valence-electron chi connectivity index (χ1n) is 2.84. The Kier molecular flexibility index (Phi) is 6.30. The van der Waals surface area contributed by atoms with E-state index in [4.69, 9.17) is 15.7 Å². The van der Waals surface area contributed by atoms with Crippen molar-refractivity contribution < 1.29 is 19.5 Å². The van der Waals surface area contributed by atoms with Gasteiger partial charge in [0.2, 0.25) is 0 Å². The SMILES string of the molecule is NOC(C=O)COCCO. The summed E-state index contributed by atoms with van der Waals surface area (Å²) in [6, 6.07) is 0. The first kappa shape index (κ1) is 9.51. The highest BCUT2D eigenvalue weighted by Crippen LogP contribution is 1.83. The minimum Gasteiger partial charge on any atom is -0.394 e. The zero-order valence-corrected chi connectivity index (χ0v) is 5.53. The van der Waals surface area contributed by atoms with Gasteiger partial charge in [-0.3, -0.25) is 4.84 Å². The van der Waals surface area contributed by atoms with Gasteiger partial charge in [0.15, 0.2) is 12.4 Å². The van der Waals surface area contributed by atoms with Gasteiger partial charge in [-0.2, -0.15) is 0 Å². The van der Waals surface area contributed by atoms with Crippen LogP contribution in [0.1, 0.15) is 0 Å². The van der Waals surface area contributed by atoms with Crippen LogP contribution < -0.4 is 5.90 Å². The van der Waals surface area contributed by atoms with E-state index in [2.05, 4.69) is 4.84 Å². The van der Waals surface area contributed by atoms with Crippen LogP contribution in [0, 0.1) is 0 Å². The van der Waals surface area contributed by atoms with Gasteiger partial charge in [0.05, 0.1) is 19.8 Å². The van der Waals surface area contributed by atoms with Crippen LogP contribution in [0.15, 0.2) is 0 Å². The van der Waals surface area contributed by atoms with E-state index >= 15 is 0 Å². The average molecular weight is 149 g/mol. The monoisotopic (exact) mass is 149 g/mol. The average Bonchev–Trinajstić information content (AvgIpc) is 1.99. The molecule has 0 saturated carbocycles. The first-order chi connectivity index (χ1) is 4.85. The lowest BCUT2D eigenvalue weighted by atomic mass is 10.4. The standard InChI is InChI=1S/C5H11NO4/c6-10-5(3-8)4-9-2-1-7/h3,5,7H,1-2,4,6H2. The van der Waals surface area contributed by atoms with Gasteiger partial charge in [0.1, 0.15) is 0 Å². The summed E-state index contributed by atoms with van der Waals surface area (Å²) in [7, 11) is 0. The van der Waals surface area contributed by atoms with Crippen molar-refractivity contribution in [2.75, 3.05) is 19.8 Å². The quantitative estimate of drug-likeness (QED) is 0.271. The highest BCUT2D eigenvalue weighted by molar-refractivity contribution is 5.55. The Hall–Kier alpha value is -0.490. The molecule has 0 rings (SSSR count). The molecule has 3 N–H and O–H groups in total. The van der Waals surface area contributed by atoms with Crippen LogP contribution in [-0.2, 0) is 14.4 Å². The largest absolute Gasteiger partial charge is 0.394 e. The Morgan fingerprint density at radius 1 is 1.70 bits per heavy atom. The number of ether oxygens (including phenoxy) is 1. The van der Waals surface area contributed by atoms with Crippen molar-refractivity contribution >= 4 is 6.29 Å². The predicted molar refractivity (Wildman–Crippen MR) is 33.0 cm³/mol. The van der Waals surface area contributed by atoms with E-state index in [1.807, 2.05) is 0 Å². The molecule has 0 amide bonds. The molecule has 0 aromatic rings. The summed E-state index contributed by atoms with van der Waals surface area (Å²) in [5.41, 5.74) is 0.